The molecule has 1 aromatic carbocycles. The van der Waals surface area contributed by atoms with E-state index in [1.54, 1.807) is 0 Å². The molecule has 1 aliphatic rings. The number of rotatable bonds is 1. The standard InChI is InChI=1S/C12H10N2O2/c15-11-5-8(12(16)14-11)9-6-13-10-4-2-1-3-7(9)10/h1-4,6,8,13H,5H2,(H,14,15,16)/t8-/m0/s1. The number of hydrogen-bond donors (Lipinski definition) is 2. The van der Waals surface area contributed by atoms with Gasteiger partial charge in [0.15, 0.2) is 0 Å². The van der Waals surface area contributed by atoms with Crippen molar-refractivity contribution in [3.63, 3.8) is 0 Å². The molecule has 2 N–H and O–H groups in total. The molecule has 1 aliphatic heterocycles. The van der Waals surface area contributed by atoms with Gasteiger partial charge in [-0.3, -0.25) is 14.9 Å². The van der Waals surface area contributed by atoms with E-state index in [1.807, 2.05) is 30.5 Å². The molecule has 1 atom stereocenters. The Labute approximate surface area is 91.6 Å². The van der Waals surface area contributed by atoms with Crippen LogP contribution in [0.5, 0.6) is 0 Å². The van der Waals surface area contributed by atoms with Gasteiger partial charge in [-0.1, -0.05) is 18.2 Å². The van der Waals surface area contributed by atoms with Crippen LogP contribution in [0.4, 0.5) is 0 Å². The summed E-state index contributed by atoms with van der Waals surface area (Å²) in [4.78, 5) is 25.8. The summed E-state index contributed by atoms with van der Waals surface area (Å²) in [6.07, 6.45) is 2.06. The predicted molar refractivity (Wildman–Crippen MR) is 58.8 cm³/mol. The van der Waals surface area contributed by atoms with Crippen molar-refractivity contribution in [3.8, 4) is 0 Å². The lowest BCUT2D eigenvalue weighted by Gasteiger charge is -2.03. The SMILES string of the molecule is O=C1C[C@@H](c2c[nH]c3ccccc23)C(=O)N1. The second-order valence-corrected chi connectivity index (χ2v) is 3.96. The highest BCUT2D eigenvalue weighted by molar-refractivity contribution is 6.07. The number of carbonyl (C=O) groups is 2. The van der Waals surface area contributed by atoms with Gasteiger partial charge in [0, 0.05) is 23.5 Å². The highest BCUT2D eigenvalue weighted by Gasteiger charge is 2.33. The third-order valence-electron chi connectivity index (χ3n) is 2.97. The Kier molecular flexibility index (Phi) is 1.83. The molecule has 80 valence electrons. The molecule has 1 fully saturated rings. The zero-order valence-electron chi connectivity index (χ0n) is 8.49. The number of hydrogen-bond acceptors (Lipinski definition) is 2. The van der Waals surface area contributed by atoms with Crippen molar-refractivity contribution in [1.82, 2.24) is 10.3 Å². The molecule has 0 spiro atoms. The summed E-state index contributed by atoms with van der Waals surface area (Å²) in [7, 11) is 0. The van der Waals surface area contributed by atoms with Gasteiger partial charge in [-0.15, -0.1) is 0 Å². The molecule has 16 heavy (non-hydrogen) atoms. The Morgan fingerprint density at radius 3 is 2.75 bits per heavy atom. The van der Waals surface area contributed by atoms with Crippen LogP contribution in [0.25, 0.3) is 10.9 Å². The molecular formula is C12H10N2O2. The van der Waals surface area contributed by atoms with E-state index in [0.717, 1.165) is 16.5 Å². The van der Waals surface area contributed by atoms with Crippen LogP contribution in [0.15, 0.2) is 30.5 Å². The van der Waals surface area contributed by atoms with Crippen molar-refractivity contribution in [3.05, 3.63) is 36.0 Å². The fraction of sp³-hybridized carbons (Fsp3) is 0.167. The fourth-order valence-corrected chi connectivity index (χ4v) is 2.19. The number of benzene rings is 1. The van der Waals surface area contributed by atoms with Crippen LogP contribution in [0.1, 0.15) is 17.9 Å². The van der Waals surface area contributed by atoms with Gasteiger partial charge in [0.2, 0.25) is 11.8 Å². The molecule has 4 nitrogen and oxygen atoms in total. The maximum Gasteiger partial charge on any atom is 0.234 e. The quantitative estimate of drug-likeness (QED) is 0.703. The first kappa shape index (κ1) is 9.15. The zero-order chi connectivity index (χ0) is 11.1. The number of aromatic nitrogens is 1. The number of fused-ring (bicyclic) bond motifs is 1. The van der Waals surface area contributed by atoms with Crippen LogP contribution in [-0.4, -0.2) is 16.8 Å². The number of aromatic amines is 1. The van der Waals surface area contributed by atoms with Crippen molar-refractivity contribution in [2.24, 2.45) is 0 Å². The lowest BCUT2D eigenvalue weighted by atomic mass is 9.97. The Balaban J connectivity index is 2.13. The number of H-pyrrole nitrogens is 1. The highest BCUT2D eigenvalue weighted by atomic mass is 16.2. The molecule has 0 saturated carbocycles. The van der Waals surface area contributed by atoms with E-state index >= 15 is 0 Å². The molecule has 4 heteroatoms. The van der Waals surface area contributed by atoms with Crippen LogP contribution in [0.3, 0.4) is 0 Å². The summed E-state index contributed by atoms with van der Waals surface area (Å²) >= 11 is 0. The lowest BCUT2D eigenvalue weighted by molar-refractivity contribution is -0.125. The minimum Gasteiger partial charge on any atom is -0.361 e. The molecule has 1 saturated heterocycles. The smallest absolute Gasteiger partial charge is 0.234 e. The van der Waals surface area contributed by atoms with E-state index in [9.17, 15) is 9.59 Å². The summed E-state index contributed by atoms with van der Waals surface area (Å²) in [5, 5.41) is 3.34. The number of nitrogens with one attached hydrogen (secondary N) is 2. The number of amides is 2. The maximum absolute atomic E-state index is 11.6. The monoisotopic (exact) mass is 214 g/mol. The molecule has 2 heterocycles. The first-order valence-electron chi connectivity index (χ1n) is 5.15. The average Bonchev–Trinajstić information content (AvgIpc) is 2.81. The first-order chi connectivity index (χ1) is 7.75. The molecule has 0 aliphatic carbocycles. The lowest BCUT2D eigenvalue weighted by Crippen LogP contribution is -2.21. The van der Waals surface area contributed by atoms with E-state index < -0.39 is 0 Å². The summed E-state index contributed by atoms with van der Waals surface area (Å²) < 4.78 is 0. The van der Waals surface area contributed by atoms with Crippen LogP contribution in [0, 0.1) is 0 Å². The van der Waals surface area contributed by atoms with Crippen molar-refractivity contribution in [1.29, 1.82) is 0 Å². The Morgan fingerprint density at radius 1 is 1.19 bits per heavy atom. The van der Waals surface area contributed by atoms with Crippen molar-refractivity contribution >= 4 is 22.7 Å². The fourth-order valence-electron chi connectivity index (χ4n) is 2.19. The summed E-state index contributed by atoms with van der Waals surface area (Å²) in [6, 6.07) is 7.77. The van der Waals surface area contributed by atoms with Crippen molar-refractivity contribution in [2.75, 3.05) is 0 Å². The van der Waals surface area contributed by atoms with Crippen LogP contribution in [-0.2, 0) is 9.59 Å². The van der Waals surface area contributed by atoms with Crippen molar-refractivity contribution in [2.45, 2.75) is 12.3 Å². The summed E-state index contributed by atoms with van der Waals surface area (Å²) in [5.74, 6) is -0.737. The third-order valence-corrected chi connectivity index (χ3v) is 2.97. The van der Waals surface area contributed by atoms with E-state index in [1.165, 1.54) is 0 Å². The molecular weight excluding hydrogens is 204 g/mol. The summed E-state index contributed by atoms with van der Waals surface area (Å²) in [6.45, 7) is 0. The van der Waals surface area contributed by atoms with Crippen molar-refractivity contribution < 1.29 is 9.59 Å². The molecule has 0 radical (unpaired) electrons. The zero-order valence-corrected chi connectivity index (χ0v) is 8.49. The topological polar surface area (TPSA) is 62.0 Å². The summed E-state index contributed by atoms with van der Waals surface area (Å²) in [5.41, 5.74) is 1.89. The number of imide groups is 1. The minimum absolute atomic E-state index is 0.194. The van der Waals surface area contributed by atoms with Gasteiger partial charge in [-0.2, -0.15) is 0 Å². The highest BCUT2D eigenvalue weighted by Crippen LogP contribution is 2.30. The molecule has 0 unspecified atom stereocenters. The Bertz CT molecular complexity index is 585. The normalized spacial score (nSPS) is 20.4. The van der Waals surface area contributed by atoms with Gasteiger partial charge in [0.25, 0.3) is 0 Å². The first-order valence-corrected chi connectivity index (χ1v) is 5.15. The van der Waals surface area contributed by atoms with Crippen LogP contribution >= 0.6 is 0 Å². The van der Waals surface area contributed by atoms with E-state index in [4.69, 9.17) is 0 Å². The van der Waals surface area contributed by atoms with Crippen LogP contribution < -0.4 is 5.32 Å². The van der Waals surface area contributed by atoms with Gasteiger partial charge < -0.3 is 4.98 Å². The van der Waals surface area contributed by atoms with Gasteiger partial charge in [-0.05, 0) is 11.6 Å². The predicted octanol–water partition coefficient (Wildman–Crippen LogP) is 1.30. The third kappa shape index (κ3) is 1.23. The molecule has 2 aromatic rings. The number of carbonyl (C=O) groups excluding carboxylic acids is 2. The maximum atomic E-state index is 11.6. The second kappa shape index (κ2) is 3.20. The number of para-hydroxylation sites is 1. The Morgan fingerprint density at radius 2 is 2.00 bits per heavy atom. The van der Waals surface area contributed by atoms with Gasteiger partial charge in [0.1, 0.15) is 0 Å². The Hall–Kier alpha value is -2.10. The van der Waals surface area contributed by atoms with Gasteiger partial charge in [0.05, 0.1) is 5.92 Å². The molecule has 3 rings (SSSR count). The van der Waals surface area contributed by atoms with Gasteiger partial charge >= 0.3 is 0 Å². The average molecular weight is 214 g/mol. The van der Waals surface area contributed by atoms with Gasteiger partial charge in [-0.25, -0.2) is 0 Å². The second-order valence-electron chi connectivity index (χ2n) is 3.96. The minimum atomic E-state index is -0.344. The van der Waals surface area contributed by atoms with E-state index in [2.05, 4.69) is 10.3 Å². The molecule has 2 amide bonds. The van der Waals surface area contributed by atoms with E-state index in [0.29, 0.717) is 0 Å². The largest absolute Gasteiger partial charge is 0.361 e. The van der Waals surface area contributed by atoms with E-state index in [-0.39, 0.29) is 24.2 Å². The molecule has 0 bridgehead atoms. The van der Waals surface area contributed by atoms with Crippen LogP contribution in [0.2, 0.25) is 0 Å². The molecule has 1 aromatic heterocycles.